The third kappa shape index (κ3) is 3.07. The number of hydrogen-bond donors (Lipinski definition) is 2. The molecule has 1 aromatic rings. The lowest BCUT2D eigenvalue weighted by atomic mass is 9.98. The van der Waals surface area contributed by atoms with Crippen molar-refractivity contribution >= 4 is 5.91 Å². The zero-order valence-electron chi connectivity index (χ0n) is 9.36. The monoisotopic (exact) mass is 218 g/mol. The lowest BCUT2D eigenvalue weighted by molar-refractivity contribution is -0.124. The molecular weight excluding hydrogens is 200 g/mol. The molecule has 1 atom stereocenters. The van der Waals surface area contributed by atoms with Crippen molar-refractivity contribution in [2.75, 3.05) is 6.54 Å². The fourth-order valence-corrected chi connectivity index (χ4v) is 1.73. The van der Waals surface area contributed by atoms with Gasteiger partial charge in [-0.25, -0.2) is 0 Å². The van der Waals surface area contributed by atoms with Gasteiger partial charge in [-0.05, 0) is 24.8 Å². The normalized spacial score (nSPS) is 16.8. The summed E-state index contributed by atoms with van der Waals surface area (Å²) in [6.45, 7) is 0.410. The first-order valence-electron chi connectivity index (χ1n) is 5.84. The van der Waals surface area contributed by atoms with Gasteiger partial charge in [-0.15, -0.1) is 0 Å². The molecule has 86 valence electrons. The number of hydrogen-bond acceptors (Lipinski definition) is 2. The minimum Gasteiger partial charge on any atom is -0.353 e. The number of nitrogens with one attached hydrogen (secondary N) is 1. The molecule has 1 unspecified atom stereocenters. The van der Waals surface area contributed by atoms with Crippen molar-refractivity contribution in [2.24, 2.45) is 11.7 Å². The average molecular weight is 218 g/mol. The van der Waals surface area contributed by atoms with Crippen LogP contribution >= 0.6 is 0 Å². The Bertz CT molecular complexity index is 346. The van der Waals surface area contributed by atoms with E-state index in [4.69, 9.17) is 5.73 Å². The van der Waals surface area contributed by atoms with Crippen molar-refractivity contribution in [3.05, 3.63) is 35.9 Å². The predicted molar refractivity (Wildman–Crippen MR) is 63.9 cm³/mol. The molecular formula is C13H18N2O. The van der Waals surface area contributed by atoms with E-state index in [0.717, 1.165) is 19.3 Å². The molecule has 3 heteroatoms. The van der Waals surface area contributed by atoms with Crippen LogP contribution in [0, 0.1) is 5.92 Å². The lowest BCUT2D eigenvalue weighted by Gasteiger charge is -2.14. The molecule has 0 aromatic heterocycles. The van der Waals surface area contributed by atoms with Crippen LogP contribution in [0.3, 0.4) is 0 Å². The molecule has 0 aliphatic heterocycles. The highest BCUT2D eigenvalue weighted by Gasteiger charge is 2.26. The third-order valence-electron chi connectivity index (χ3n) is 2.90. The molecule has 1 aliphatic carbocycles. The zero-order chi connectivity index (χ0) is 11.4. The van der Waals surface area contributed by atoms with Gasteiger partial charge in [0.1, 0.15) is 0 Å². The molecule has 0 saturated heterocycles. The van der Waals surface area contributed by atoms with Crippen molar-refractivity contribution < 1.29 is 4.79 Å². The smallest absolute Gasteiger partial charge is 0.224 e. The third-order valence-corrected chi connectivity index (χ3v) is 2.90. The van der Waals surface area contributed by atoms with E-state index < -0.39 is 0 Å². The molecule has 0 spiro atoms. The Morgan fingerprint density at radius 2 is 2.06 bits per heavy atom. The van der Waals surface area contributed by atoms with Crippen LogP contribution in [0.2, 0.25) is 0 Å². The van der Waals surface area contributed by atoms with Gasteiger partial charge in [0.05, 0.1) is 5.92 Å². The first-order chi connectivity index (χ1) is 7.79. The maximum atomic E-state index is 11.8. The van der Waals surface area contributed by atoms with Crippen LogP contribution in [-0.4, -0.2) is 18.5 Å². The summed E-state index contributed by atoms with van der Waals surface area (Å²) in [5, 5.41) is 3.01. The summed E-state index contributed by atoms with van der Waals surface area (Å²) < 4.78 is 0. The lowest BCUT2D eigenvalue weighted by Crippen LogP contribution is -2.37. The van der Waals surface area contributed by atoms with Gasteiger partial charge in [-0.1, -0.05) is 30.3 Å². The fraction of sp³-hybridized carbons (Fsp3) is 0.462. The second-order valence-electron chi connectivity index (χ2n) is 4.41. The van der Waals surface area contributed by atoms with Gasteiger partial charge < -0.3 is 11.1 Å². The molecule has 1 aromatic carbocycles. The fourth-order valence-electron chi connectivity index (χ4n) is 1.73. The molecule has 1 aliphatic rings. The van der Waals surface area contributed by atoms with Gasteiger partial charge in [0.15, 0.2) is 0 Å². The average Bonchev–Trinajstić information content (AvgIpc) is 3.11. The minimum atomic E-state index is -0.0944. The van der Waals surface area contributed by atoms with E-state index in [-0.39, 0.29) is 11.8 Å². The highest BCUT2D eigenvalue weighted by molar-refractivity contribution is 5.79. The number of amides is 1. The highest BCUT2D eigenvalue weighted by Crippen LogP contribution is 2.19. The molecule has 0 bridgehead atoms. The van der Waals surface area contributed by atoms with Gasteiger partial charge in [0.2, 0.25) is 5.91 Å². The van der Waals surface area contributed by atoms with E-state index in [1.165, 1.54) is 5.56 Å². The molecule has 0 radical (unpaired) electrons. The molecule has 16 heavy (non-hydrogen) atoms. The molecule has 0 heterocycles. The van der Waals surface area contributed by atoms with Crippen molar-refractivity contribution in [3.8, 4) is 0 Å². The van der Waals surface area contributed by atoms with E-state index in [9.17, 15) is 4.79 Å². The standard InChI is InChI=1S/C13H18N2O/c14-9-11(13(16)15-12-6-7-12)8-10-4-2-1-3-5-10/h1-5,11-12H,6-9,14H2,(H,15,16). The number of nitrogens with two attached hydrogens (primary N) is 1. The van der Waals surface area contributed by atoms with Gasteiger partial charge in [0, 0.05) is 12.6 Å². The minimum absolute atomic E-state index is 0.0944. The Morgan fingerprint density at radius 3 is 2.62 bits per heavy atom. The van der Waals surface area contributed by atoms with Crippen molar-refractivity contribution in [1.82, 2.24) is 5.32 Å². The quantitative estimate of drug-likeness (QED) is 0.777. The van der Waals surface area contributed by atoms with Gasteiger partial charge in [-0.2, -0.15) is 0 Å². The second kappa shape index (κ2) is 5.12. The maximum Gasteiger partial charge on any atom is 0.224 e. The summed E-state index contributed by atoms with van der Waals surface area (Å²) in [4.78, 5) is 11.8. The van der Waals surface area contributed by atoms with Crippen LogP contribution < -0.4 is 11.1 Å². The largest absolute Gasteiger partial charge is 0.353 e. The van der Waals surface area contributed by atoms with Crippen molar-refractivity contribution in [2.45, 2.75) is 25.3 Å². The second-order valence-corrected chi connectivity index (χ2v) is 4.41. The maximum absolute atomic E-state index is 11.8. The van der Waals surface area contributed by atoms with E-state index in [2.05, 4.69) is 5.32 Å². The molecule has 1 fully saturated rings. The first-order valence-corrected chi connectivity index (χ1v) is 5.84. The summed E-state index contributed by atoms with van der Waals surface area (Å²) >= 11 is 0. The van der Waals surface area contributed by atoms with E-state index in [0.29, 0.717) is 12.6 Å². The van der Waals surface area contributed by atoms with Crippen molar-refractivity contribution in [1.29, 1.82) is 0 Å². The first kappa shape index (κ1) is 11.1. The van der Waals surface area contributed by atoms with E-state index in [1.807, 2.05) is 30.3 Å². The summed E-state index contributed by atoms with van der Waals surface area (Å²) in [5.74, 6) is 0.0110. The Balaban J connectivity index is 1.91. The molecule has 1 amide bonds. The van der Waals surface area contributed by atoms with Crippen LogP contribution in [0.15, 0.2) is 30.3 Å². The van der Waals surface area contributed by atoms with Gasteiger partial charge in [-0.3, -0.25) is 4.79 Å². The molecule has 3 N–H and O–H groups in total. The Labute approximate surface area is 96.0 Å². The summed E-state index contributed by atoms with van der Waals surface area (Å²) in [6.07, 6.45) is 2.97. The Kier molecular flexibility index (Phi) is 3.57. The SMILES string of the molecule is NCC(Cc1ccccc1)C(=O)NC1CC1. The van der Waals surface area contributed by atoms with E-state index in [1.54, 1.807) is 0 Å². The molecule has 2 rings (SSSR count). The topological polar surface area (TPSA) is 55.1 Å². The number of carbonyl (C=O) groups is 1. The van der Waals surface area contributed by atoms with Gasteiger partial charge in [0.25, 0.3) is 0 Å². The van der Waals surface area contributed by atoms with Crippen LogP contribution in [-0.2, 0) is 11.2 Å². The summed E-state index contributed by atoms with van der Waals surface area (Å²) in [5.41, 5.74) is 6.83. The molecule has 1 saturated carbocycles. The zero-order valence-corrected chi connectivity index (χ0v) is 9.36. The Morgan fingerprint density at radius 1 is 1.38 bits per heavy atom. The number of rotatable bonds is 5. The number of carbonyl (C=O) groups excluding carboxylic acids is 1. The van der Waals surface area contributed by atoms with Gasteiger partial charge >= 0.3 is 0 Å². The van der Waals surface area contributed by atoms with Crippen molar-refractivity contribution in [3.63, 3.8) is 0 Å². The van der Waals surface area contributed by atoms with Crippen LogP contribution in [0.4, 0.5) is 0 Å². The highest BCUT2D eigenvalue weighted by atomic mass is 16.2. The number of benzene rings is 1. The van der Waals surface area contributed by atoms with Crippen LogP contribution in [0.1, 0.15) is 18.4 Å². The predicted octanol–water partition coefficient (Wildman–Crippen LogP) is 1.08. The van der Waals surface area contributed by atoms with Crippen LogP contribution in [0.5, 0.6) is 0 Å². The molecule has 3 nitrogen and oxygen atoms in total. The summed E-state index contributed by atoms with van der Waals surface area (Å²) in [6, 6.07) is 10.4. The Hall–Kier alpha value is -1.35. The summed E-state index contributed by atoms with van der Waals surface area (Å²) in [7, 11) is 0. The van der Waals surface area contributed by atoms with Crippen LogP contribution in [0.25, 0.3) is 0 Å². The van der Waals surface area contributed by atoms with E-state index >= 15 is 0 Å².